The average molecular weight is 335 g/mol. The number of carbonyl (C=O) groups is 1. The highest BCUT2D eigenvalue weighted by molar-refractivity contribution is 5.85. The Balaban J connectivity index is 1.95. The third kappa shape index (κ3) is 3.93. The summed E-state index contributed by atoms with van der Waals surface area (Å²) >= 11 is 0. The van der Waals surface area contributed by atoms with Crippen LogP contribution in [0.4, 0.5) is 4.79 Å². The molecule has 2 aromatic rings. The van der Waals surface area contributed by atoms with E-state index in [0.717, 1.165) is 30.5 Å². The lowest BCUT2D eigenvalue weighted by atomic mass is 9.96. The second kappa shape index (κ2) is 7.56. The molecule has 0 saturated heterocycles. The monoisotopic (exact) mass is 335 g/mol. The van der Waals surface area contributed by atoms with E-state index in [2.05, 4.69) is 39.0 Å². The van der Waals surface area contributed by atoms with Crippen LogP contribution in [0.15, 0.2) is 48.5 Å². The summed E-state index contributed by atoms with van der Waals surface area (Å²) in [5.41, 5.74) is 5.77. The van der Waals surface area contributed by atoms with E-state index in [1.165, 1.54) is 16.7 Å². The molecular formula is C22H25NO2. The first kappa shape index (κ1) is 17.3. The van der Waals surface area contributed by atoms with Crippen molar-refractivity contribution in [1.82, 2.24) is 4.90 Å². The van der Waals surface area contributed by atoms with Gasteiger partial charge in [0.05, 0.1) is 5.70 Å². The standard InChI is InChI=1S/C22H25NO2/c1-16-14-17(2)21(18(3)15-16)20-12-8-5-9-13-23(20)22(24)25-19-10-6-4-7-11-19/h4,6-7,10-12,14-15H,5,8-9,13H2,1-3H3. The Hall–Kier alpha value is -2.55. The van der Waals surface area contributed by atoms with Crippen molar-refractivity contribution in [2.75, 3.05) is 6.54 Å². The van der Waals surface area contributed by atoms with Gasteiger partial charge in [-0.3, -0.25) is 4.90 Å². The molecular weight excluding hydrogens is 310 g/mol. The molecule has 0 spiro atoms. The molecule has 3 nitrogen and oxygen atoms in total. The van der Waals surface area contributed by atoms with Crippen LogP contribution in [-0.4, -0.2) is 17.5 Å². The number of carbonyl (C=O) groups excluding carboxylic acids is 1. The number of rotatable bonds is 2. The number of hydrogen-bond donors (Lipinski definition) is 0. The van der Waals surface area contributed by atoms with Gasteiger partial charge < -0.3 is 4.74 Å². The SMILES string of the molecule is Cc1cc(C)c(C2=CCCCCN2C(=O)Oc2ccccc2)c(C)c1. The fraction of sp³-hybridized carbons (Fsp3) is 0.318. The zero-order valence-corrected chi connectivity index (χ0v) is 15.2. The van der Waals surface area contributed by atoms with Crippen LogP contribution in [0.5, 0.6) is 5.75 Å². The Morgan fingerprint density at radius 3 is 2.36 bits per heavy atom. The van der Waals surface area contributed by atoms with Gasteiger partial charge in [0.15, 0.2) is 0 Å². The van der Waals surface area contributed by atoms with E-state index < -0.39 is 0 Å². The molecule has 0 aliphatic carbocycles. The number of para-hydroxylation sites is 1. The third-order valence-corrected chi connectivity index (χ3v) is 4.57. The zero-order chi connectivity index (χ0) is 17.8. The highest BCUT2D eigenvalue weighted by Gasteiger charge is 2.25. The van der Waals surface area contributed by atoms with Gasteiger partial charge in [-0.2, -0.15) is 0 Å². The van der Waals surface area contributed by atoms with Gasteiger partial charge in [-0.25, -0.2) is 4.79 Å². The van der Waals surface area contributed by atoms with E-state index in [4.69, 9.17) is 4.74 Å². The molecule has 1 heterocycles. The van der Waals surface area contributed by atoms with Gasteiger partial charge in [0.2, 0.25) is 0 Å². The molecule has 0 fully saturated rings. The summed E-state index contributed by atoms with van der Waals surface area (Å²) in [5.74, 6) is 0.577. The first-order valence-electron chi connectivity index (χ1n) is 8.89. The summed E-state index contributed by atoms with van der Waals surface area (Å²) < 4.78 is 5.61. The molecule has 0 unspecified atom stereocenters. The minimum atomic E-state index is -0.307. The van der Waals surface area contributed by atoms with Crippen molar-refractivity contribution in [2.45, 2.75) is 40.0 Å². The van der Waals surface area contributed by atoms with Crippen molar-refractivity contribution in [1.29, 1.82) is 0 Å². The van der Waals surface area contributed by atoms with Crippen molar-refractivity contribution in [3.63, 3.8) is 0 Å². The predicted octanol–water partition coefficient (Wildman–Crippen LogP) is 5.64. The molecule has 3 rings (SSSR count). The van der Waals surface area contributed by atoms with E-state index in [9.17, 15) is 4.79 Å². The minimum Gasteiger partial charge on any atom is -0.410 e. The molecule has 0 bridgehead atoms. The number of amides is 1. The first-order valence-corrected chi connectivity index (χ1v) is 8.89. The Morgan fingerprint density at radius 2 is 1.68 bits per heavy atom. The van der Waals surface area contributed by atoms with E-state index in [1.807, 2.05) is 30.3 Å². The molecule has 25 heavy (non-hydrogen) atoms. The molecule has 0 aromatic heterocycles. The fourth-order valence-electron chi connectivity index (χ4n) is 3.54. The van der Waals surface area contributed by atoms with Crippen LogP contribution in [0.1, 0.15) is 41.5 Å². The van der Waals surface area contributed by atoms with Gasteiger partial charge in [0.1, 0.15) is 5.75 Å². The smallest absolute Gasteiger partial charge is 0.410 e. The topological polar surface area (TPSA) is 29.5 Å². The summed E-state index contributed by atoms with van der Waals surface area (Å²) in [4.78, 5) is 14.7. The van der Waals surface area contributed by atoms with Crippen molar-refractivity contribution >= 4 is 11.8 Å². The van der Waals surface area contributed by atoms with E-state index in [-0.39, 0.29) is 6.09 Å². The summed E-state index contributed by atoms with van der Waals surface area (Å²) in [6.07, 6.45) is 4.93. The maximum atomic E-state index is 12.9. The van der Waals surface area contributed by atoms with Gasteiger partial charge in [0.25, 0.3) is 0 Å². The zero-order valence-electron chi connectivity index (χ0n) is 15.2. The van der Waals surface area contributed by atoms with Crippen LogP contribution in [0.25, 0.3) is 5.70 Å². The molecule has 2 aromatic carbocycles. The number of aryl methyl sites for hydroxylation is 3. The Kier molecular flexibility index (Phi) is 5.22. The average Bonchev–Trinajstić information content (AvgIpc) is 2.81. The predicted molar refractivity (Wildman–Crippen MR) is 102 cm³/mol. The lowest BCUT2D eigenvalue weighted by molar-refractivity contribution is 0.173. The molecule has 130 valence electrons. The minimum absolute atomic E-state index is 0.307. The number of hydrogen-bond acceptors (Lipinski definition) is 2. The lowest BCUT2D eigenvalue weighted by Gasteiger charge is -2.26. The molecule has 0 atom stereocenters. The summed E-state index contributed by atoms with van der Waals surface area (Å²) in [6, 6.07) is 13.6. The van der Waals surface area contributed by atoms with E-state index in [0.29, 0.717) is 12.3 Å². The molecule has 0 saturated carbocycles. The summed E-state index contributed by atoms with van der Waals surface area (Å²) in [7, 11) is 0. The fourth-order valence-corrected chi connectivity index (χ4v) is 3.54. The normalized spacial score (nSPS) is 14.7. The number of allylic oxidation sites excluding steroid dienone is 1. The molecule has 0 N–H and O–H groups in total. The van der Waals surface area contributed by atoms with Gasteiger partial charge in [-0.1, -0.05) is 42.0 Å². The van der Waals surface area contributed by atoms with Crippen LogP contribution >= 0.6 is 0 Å². The quantitative estimate of drug-likeness (QED) is 0.711. The largest absolute Gasteiger partial charge is 0.419 e. The molecule has 3 heteroatoms. The van der Waals surface area contributed by atoms with Crippen molar-refractivity contribution < 1.29 is 9.53 Å². The van der Waals surface area contributed by atoms with E-state index >= 15 is 0 Å². The maximum absolute atomic E-state index is 12.9. The Bertz CT molecular complexity index is 770. The van der Waals surface area contributed by atoms with Crippen LogP contribution < -0.4 is 4.74 Å². The molecule has 0 radical (unpaired) electrons. The lowest BCUT2D eigenvalue weighted by Crippen LogP contribution is -2.33. The van der Waals surface area contributed by atoms with Crippen LogP contribution in [0, 0.1) is 20.8 Å². The summed E-state index contributed by atoms with van der Waals surface area (Å²) in [6.45, 7) is 7.01. The van der Waals surface area contributed by atoms with Gasteiger partial charge in [-0.05, 0) is 63.3 Å². The van der Waals surface area contributed by atoms with Crippen molar-refractivity contribution in [3.8, 4) is 5.75 Å². The number of benzene rings is 2. The molecule has 1 aliphatic rings. The van der Waals surface area contributed by atoms with Crippen LogP contribution in [0.2, 0.25) is 0 Å². The maximum Gasteiger partial charge on any atom is 0.419 e. The number of nitrogens with zero attached hydrogens (tertiary/aromatic N) is 1. The third-order valence-electron chi connectivity index (χ3n) is 4.57. The van der Waals surface area contributed by atoms with Crippen molar-refractivity contribution in [2.24, 2.45) is 0 Å². The van der Waals surface area contributed by atoms with E-state index in [1.54, 1.807) is 4.90 Å². The molecule has 1 aliphatic heterocycles. The summed E-state index contributed by atoms with van der Waals surface area (Å²) in [5, 5.41) is 0. The van der Waals surface area contributed by atoms with Crippen LogP contribution in [-0.2, 0) is 0 Å². The van der Waals surface area contributed by atoms with Crippen molar-refractivity contribution in [3.05, 3.63) is 70.8 Å². The van der Waals surface area contributed by atoms with Gasteiger partial charge in [-0.15, -0.1) is 0 Å². The van der Waals surface area contributed by atoms with Gasteiger partial charge in [0, 0.05) is 12.1 Å². The van der Waals surface area contributed by atoms with Gasteiger partial charge >= 0.3 is 6.09 Å². The first-order chi connectivity index (χ1) is 12.1. The Morgan fingerprint density at radius 1 is 1.00 bits per heavy atom. The highest BCUT2D eigenvalue weighted by atomic mass is 16.6. The Labute approximate surface area is 149 Å². The van der Waals surface area contributed by atoms with Crippen LogP contribution in [0.3, 0.4) is 0 Å². The number of ether oxygens (including phenoxy) is 1. The molecule has 1 amide bonds. The second-order valence-electron chi connectivity index (χ2n) is 6.69. The second-order valence-corrected chi connectivity index (χ2v) is 6.69. The highest BCUT2D eigenvalue weighted by Crippen LogP contribution is 2.31.